The Balaban J connectivity index is 1.79. The van der Waals surface area contributed by atoms with Gasteiger partial charge in [0, 0.05) is 0 Å². The van der Waals surface area contributed by atoms with Gasteiger partial charge in [-0.1, -0.05) is 5.92 Å². The summed E-state index contributed by atoms with van der Waals surface area (Å²) in [6, 6.07) is 0. The summed E-state index contributed by atoms with van der Waals surface area (Å²) in [7, 11) is -16.8. The van der Waals surface area contributed by atoms with Crippen LogP contribution in [0.15, 0.2) is 12.7 Å². The van der Waals surface area contributed by atoms with Gasteiger partial charge in [0.25, 0.3) is 0 Å². The minimum Gasteiger partial charge on any atom is -0.382 e. The van der Waals surface area contributed by atoms with Gasteiger partial charge in [-0.05, 0) is 6.42 Å². The zero-order valence-electron chi connectivity index (χ0n) is 16.2. The quantitative estimate of drug-likeness (QED) is 0.220. The fraction of sp³-hybridized carbons (Fsp3) is 0.462. The van der Waals surface area contributed by atoms with Crippen molar-refractivity contribution in [3.63, 3.8) is 0 Å². The second-order valence-corrected chi connectivity index (χ2v) is 11.2. The number of ether oxygens (including phenoxy) is 1. The van der Waals surface area contributed by atoms with E-state index >= 15 is 0 Å². The molecule has 0 spiro atoms. The first-order valence-electron chi connectivity index (χ1n) is 8.61. The molecule has 0 radical (unpaired) electrons. The highest BCUT2D eigenvalue weighted by molar-refractivity contribution is 7.66. The average Bonchev–Trinajstić information content (AvgIpc) is 3.26. The molecule has 16 nitrogen and oxygen atoms in total. The molecule has 0 amide bonds. The first-order chi connectivity index (χ1) is 15.2. The summed E-state index contributed by atoms with van der Waals surface area (Å²) >= 11 is 0. The highest BCUT2D eigenvalue weighted by Gasteiger charge is 2.50. The molecule has 33 heavy (non-hydrogen) atoms. The van der Waals surface area contributed by atoms with Crippen LogP contribution in [0.4, 0.5) is 10.2 Å². The molecule has 182 valence electrons. The van der Waals surface area contributed by atoms with Crippen molar-refractivity contribution < 1.29 is 55.5 Å². The molecule has 0 aromatic carbocycles. The lowest BCUT2D eigenvalue weighted by atomic mass is 9.95. The topological polar surface area (TPSA) is 239 Å². The summed E-state index contributed by atoms with van der Waals surface area (Å²) in [4.78, 5) is 47.8. The molecular weight excluding hydrogens is 514 g/mol. The summed E-state index contributed by atoms with van der Waals surface area (Å²) in [5.41, 5.74) is 4.26. The van der Waals surface area contributed by atoms with E-state index in [1.54, 1.807) is 0 Å². The third kappa shape index (κ3) is 6.02. The Morgan fingerprint density at radius 3 is 2.55 bits per heavy atom. The average molecular weight is 531 g/mol. The number of fused-ring (bicyclic) bond motifs is 1. The Morgan fingerprint density at radius 1 is 1.24 bits per heavy atom. The van der Waals surface area contributed by atoms with Crippen LogP contribution in [0.3, 0.4) is 0 Å². The molecule has 20 heteroatoms. The Bertz CT molecular complexity index is 1230. The Labute approximate surface area is 184 Å². The Hall–Kier alpha value is -1.79. The standard InChI is InChI=1S/C13H17FN5O11P3/c1-2-8-3-13(4-14,5-27-32(23,24)30-33(25,26)29-31(20,21)22)28-12(8)19-7-18-9-10(15)16-6-17-11(9)19/h1,6-8,12H,3-5H2,(H,23,24)(H,25,26)(H2,15,16,17)(H2,20,21,22)/t8?,12-,13-/m1/s1. The maximum absolute atomic E-state index is 14.0. The van der Waals surface area contributed by atoms with Crippen molar-refractivity contribution in [1.82, 2.24) is 19.5 Å². The van der Waals surface area contributed by atoms with Gasteiger partial charge < -0.3 is 30.0 Å². The van der Waals surface area contributed by atoms with Gasteiger partial charge in [-0.15, -0.1) is 6.42 Å². The molecule has 0 bridgehead atoms. The molecular formula is C13H17FN5O11P3. The van der Waals surface area contributed by atoms with Crippen LogP contribution in [0, 0.1) is 18.3 Å². The summed E-state index contributed by atoms with van der Waals surface area (Å²) in [5, 5.41) is 0. The molecule has 0 saturated carbocycles. The first-order valence-corrected chi connectivity index (χ1v) is 13.1. The number of hydrogen-bond acceptors (Lipinski definition) is 11. The summed E-state index contributed by atoms with van der Waals surface area (Å²) < 4.78 is 67.0. The zero-order chi connectivity index (χ0) is 24.7. The molecule has 1 aliphatic rings. The number of aromatic nitrogens is 4. The normalized spacial score (nSPS) is 27.2. The molecule has 1 fully saturated rings. The number of hydrogen-bond donors (Lipinski definition) is 5. The van der Waals surface area contributed by atoms with Crippen LogP contribution in [0.2, 0.25) is 0 Å². The van der Waals surface area contributed by atoms with Gasteiger partial charge in [-0.25, -0.2) is 33.0 Å². The second-order valence-electron chi connectivity index (χ2n) is 6.75. The molecule has 1 saturated heterocycles. The SMILES string of the molecule is C#CC1C[C@@](CF)(COP(=O)(O)OP(=O)(O)OP(=O)(O)O)O[C@H]1n1cnc2c(N)ncnc21. The smallest absolute Gasteiger partial charge is 0.382 e. The van der Waals surface area contributed by atoms with Gasteiger partial charge >= 0.3 is 23.5 Å². The van der Waals surface area contributed by atoms with Gasteiger partial charge in [0.15, 0.2) is 17.7 Å². The fourth-order valence-corrected chi connectivity index (χ4v) is 6.15. The summed E-state index contributed by atoms with van der Waals surface area (Å²) in [6.07, 6.45) is 6.67. The van der Waals surface area contributed by atoms with Gasteiger partial charge in [0.05, 0.1) is 18.9 Å². The molecule has 2 aromatic heterocycles. The van der Waals surface area contributed by atoms with E-state index in [1.807, 2.05) is 0 Å². The van der Waals surface area contributed by atoms with Gasteiger partial charge in [0.2, 0.25) is 0 Å². The van der Waals surface area contributed by atoms with Crippen LogP contribution in [0.25, 0.3) is 11.2 Å². The molecule has 3 rings (SSSR count). The maximum Gasteiger partial charge on any atom is 0.490 e. The number of alkyl halides is 1. The van der Waals surface area contributed by atoms with E-state index in [2.05, 4.69) is 34.0 Å². The number of nitrogens with two attached hydrogens (primary N) is 1. The van der Waals surface area contributed by atoms with Crippen LogP contribution < -0.4 is 5.73 Å². The maximum atomic E-state index is 14.0. The third-order valence-electron chi connectivity index (χ3n) is 4.33. The van der Waals surface area contributed by atoms with Crippen molar-refractivity contribution >= 4 is 40.4 Å². The van der Waals surface area contributed by atoms with Crippen molar-refractivity contribution in [2.24, 2.45) is 5.92 Å². The van der Waals surface area contributed by atoms with Gasteiger partial charge in [-0.2, -0.15) is 8.62 Å². The predicted octanol–water partition coefficient (Wildman–Crippen LogP) is 0.628. The van der Waals surface area contributed by atoms with E-state index < -0.39 is 54.5 Å². The number of halogens is 1. The molecule has 1 aliphatic heterocycles. The Kier molecular flexibility index (Phi) is 7.12. The van der Waals surface area contributed by atoms with Crippen molar-refractivity contribution in [3.05, 3.63) is 12.7 Å². The third-order valence-corrected chi connectivity index (χ3v) is 8.12. The van der Waals surface area contributed by atoms with E-state index in [-0.39, 0.29) is 23.4 Å². The van der Waals surface area contributed by atoms with Crippen molar-refractivity contribution in [2.45, 2.75) is 18.2 Å². The first kappa shape index (κ1) is 25.8. The molecule has 3 unspecified atom stereocenters. The van der Waals surface area contributed by atoms with Crippen LogP contribution in [0.5, 0.6) is 0 Å². The van der Waals surface area contributed by atoms with E-state index in [0.29, 0.717) is 0 Å². The van der Waals surface area contributed by atoms with E-state index in [1.165, 1.54) is 10.9 Å². The fourth-order valence-electron chi connectivity index (χ4n) is 3.06. The van der Waals surface area contributed by atoms with Gasteiger partial charge in [-0.3, -0.25) is 9.09 Å². The van der Waals surface area contributed by atoms with E-state index in [4.69, 9.17) is 26.7 Å². The van der Waals surface area contributed by atoms with E-state index in [0.717, 1.165) is 6.33 Å². The number of phosphoric ester groups is 1. The molecule has 2 aromatic rings. The molecule has 6 N–H and O–H groups in total. The van der Waals surface area contributed by atoms with Gasteiger partial charge in [0.1, 0.15) is 24.1 Å². The lowest BCUT2D eigenvalue weighted by Gasteiger charge is -2.27. The number of nitrogens with zero attached hydrogens (tertiary/aromatic N) is 4. The summed E-state index contributed by atoms with van der Waals surface area (Å²) in [6.45, 7) is -2.28. The number of anilines is 1. The van der Waals surface area contributed by atoms with Crippen molar-refractivity contribution in [2.75, 3.05) is 19.0 Å². The van der Waals surface area contributed by atoms with Crippen molar-refractivity contribution in [1.29, 1.82) is 0 Å². The molecule has 0 aliphatic carbocycles. The number of phosphoric acid groups is 3. The molecule has 5 atom stereocenters. The number of nitrogen functional groups attached to an aromatic ring is 1. The highest BCUT2D eigenvalue weighted by atomic mass is 31.3. The highest BCUT2D eigenvalue weighted by Crippen LogP contribution is 2.66. The van der Waals surface area contributed by atoms with Crippen LogP contribution >= 0.6 is 23.5 Å². The summed E-state index contributed by atoms with van der Waals surface area (Å²) in [5.74, 6) is 1.67. The second kappa shape index (κ2) is 9.10. The Morgan fingerprint density at radius 2 is 1.94 bits per heavy atom. The number of rotatable bonds is 9. The zero-order valence-corrected chi connectivity index (χ0v) is 18.9. The monoisotopic (exact) mass is 531 g/mol. The van der Waals surface area contributed by atoms with Crippen LogP contribution in [-0.4, -0.2) is 58.0 Å². The minimum absolute atomic E-state index is 0.0680. The van der Waals surface area contributed by atoms with Crippen molar-refractivity contribution in [3.8, 4) is 12.3 Å². The van der Waals surface area contributed by atoms with E-state index in [9.17, 15) is 27.9 Å². The predicted molar refractivity (Wildman–Crippen MR) is 105 cm³/mol. The van der Waals surface area contributed by atoms with Crippen LogP contribution in [0.1, 0.15) is 12.6 Å². The largest absolute Gasteiger partial charge is 0.490 e. The molecule has 3 heterocycles. The lowest BCUT2D eigenvalue weighted by molar-refractivity contribution is -0.107. The van der Waals surface area contributed by atoms with Crippen LogP contribution in [-0.2, 0) is 31.6 Å². The lowest BCUT2D eigenvalue weighted by Crippen LogP contribution is -2.36. The number of imidazole rings is 1. The number of terminal acetylenes is 1. The minimum atomic E-state index is -5.74.